The molecular formula is C25H26F3N3O6S. The maximum atomic E-state index is 13.1. The number of nitrogens with zero attached hydrogens (tertiary/aromatic N) is 2. The van der Waals surface area contributed by atoms with Gasteiger partial charge in [0.2, 0.25) is 0 Å². The van der Waals surface area contributed by atoms with E-state index in [0.717, 1.165) is 0 Å². The van der Waals surface area contributed by atoms with Crippen LogP contribution in [-0.4, -0.2) is 50.3 Å². The summed E-state index contributed by atoms with van der Waals surface area (Å²) in [5.41, 5.74) is 1.44. The minimum absolute atomic E-state index is 0.229. The molecule has 3 aromatic rings. The lowest BCUT2D eigenvalue weighted by atomic mass is 10.1. The summed E-state index contributed by atoms with van der Waals surface area (Å²) < 4.78 is 58.7. The number of alkyl carbamates (subject to hydrolysis) is 1. The van der Waals surface area contributed by atoms with Gasteiger partial charge in [0.05, 0.1) is 32.1 Å². The molecule has 0 saturated heterocycles. The molecule has 0 bridgehead atoms. The molecule has 0 unspecified atom stereocenters. The van der Waals surface area contributed by atoms with Gasteiger partial charge in [0.1, 0.15) is 17.2 Å². The number of hydrogen-bond acceptors (Lipinski definition) is 7. The van der Waals surface area contributed by atoms with Crippen LogP contribution in [0.15, 0.2) is 52.8 Å². The molecular weight excluding hydrogens is 527 g/mol. The first-order chi connectivity index (χ1) is 18.1. The number of halogens is 3. The summed E-state index contributed by atoms with van der Waals surface area (Å²) in [4.78, 5) is 29.3. The molecule has 0 atom stereocenters. The molecule has 9 nitrogen and oxygen atoms in total. The SMILES string of the molecule is CCOC(=O)NCCCn1c(-c2ccc(OC(F)(F)F)cc2)cs/c1=N\C(=O)c1ccc(OC)cc1OC. The summed E-state index contributed by atoms with van der Waals surface area (Å²) in [5.74, 6) is -0.0992. The highest BCUT2D eigenvalue weighted by atomic mass is 32.1. The van der Waals surface area contributed by atoms with E-state index in [0.29, 0.717) is 47.1 Å². The predicted molar refractivity (Wildman–Crippen MR) is 134 cm³/mol. The largest absolute Gasteiger partial charge is 0.573 e. The van der Waals surface area contributed by atoms with Gasteiger partial charge < -0.3 is 28.8 Å². The van der Waals surface area contributed by atoms with E-state index in [2.05, 4.69) is 15.0 Å². The smallest absolute Gasteiger partial charge is 0.497 e. The van der Waals surface area contributed by atoms with E-state index in [1.807, 2.05) is 0 Å². The number of carbonyl (C=O) groups excluding carboxylic acids is 2. The van der Waals surface area contributed by atoms with Crippen molar-refractivity contribution in [3.63, 3.8) is 0 Å². The number of thiazole rings is 1. The van der Waals surface area contributed by atoms with Crippen molar-refractivity contribution in [2.75, 3.05) is 27.4 Å². The number of benzene rings is 2. The number of methoxy groups -OCH3 is 2. The molecule has 204 valence electrons. The third-order valence-electron chi connectivity index (χ3n) is 5.12. The Kier molecular flexibility index (Phi) is 9.77. The lowest BCUT2D eigenvalue weighted by Gasteiger charge is -2.12. The van der Waals surface area contributed by atoms with E-state index >= 15 is 0 Å². The Morgan fingerprint density at radius 2 is 1.76 bits per heavy atom. The number of alkyl halides is 3. The van der Waals surface area contributed by atoms with Gasteiger partial charge in [0.25, 0.3) is 5.91 Å². The van der Waals surface area contributed by atoms with Gasteiger partial charge in [-0.25, -0.2) is 4.79 Å². The number of hydrogen-bond donors (Lipinski definition) is 1. The van der Waals surface area contributed by atoms with Crippen molar-refractivity contribution in [2.24, 2.45) is 4.99 Å². The Morgan fingerprint density at radius 1 is 1.05 bits per heavy atom. The van der Waals surface area contributed by atoms with Crippen LogP contribution < -0.4 is 24.3 Å². The molecule has 2 aromatic carbocycles. The van der Waals surface area contributed by atoms with E-state index in [1.165, 1.54) is 49.8 Å². The van der Waals surface area contributed by atoms with Crippen molar-refractivity contribution in [3.05, 3.63) is 58.2 Å². The fourth-order valence-corrected chi connectivity index (χ4v) is 4.36. The summed E-state index contributed by atoms with van der Waals surface area (Å²) in [5, 5.41) is 4.37. The first-order valence-electron chi connectivity index (χ1n) is 11.4. The van der Waals surface area contributed by atoms with Crippen LogP contribution >= 0.6 is 11.3 Å². The summed E-state index contributed by atoms with van der Waals surface area (Å²) in [6.07, 6.45) is -4.88. The number of aromatic nitrogens is 1. The highest BCUT2D eigenvalue weighted by Crippen LogP contribution is 2.28. The van der Waals surface area contributed by atoms with Crippen LogP contribution in [0.5, 0.6) is 17.2 Å². The van der Waals surface area contributed by atoms with Crippen LogP contribution in [0.3, 0.4) is 0 Å². The molecule has 0 saturated carbocycles. The molecule has 0 aliphatic carbocycles. The average molecular weight is 554 g/mol. The van der Waals surface area contributed by atoms with Crippen molar-refractivity contribution in [1.29, 1.82) is 0 Å². The first-order valence-corrected chi connectivity index (χ1v) is 12.3. The van der Waals surface area contributed by atoms with Gasteiger partial charge in [-0.05, 0) is 55.3 Å². The first kappa shape index (κ1) is 28.6. The van der Waals surface area contributed by atoms with E-state index in [-0.39, 0.29) is 17.9 Å². The normalized spacial score (nSPS) is 11.7. The number of amides is 2. The Balaban J connectivity index is 1.94. The van der Waals surface area contributed by atoms with Gasteiger partial charge in [-0.15, -0.1) is 24.5 Å². The molecule has 1 N–H and O–H groups in total. The van der Waals surface area contributed by atoms with Crippen molar-refractivity contribution in [2.45, 2.75) is 26.3 Å². The number of carbonyl (C=O) groups is 2. The number of ether oxygens (including phenoxy) is 4. The van der Waals surface area contributed by atoms with Crippen molar-refractivity contribution in [3.8, 4) is 28.5 Å². The maximum Gasteiger partial charge on any atom is 0.573 e. The molecule has 0 aliphatic heterocycles. The molecule has 13 heteroatoms. The number of rotatable bonds is 10. The van der Waals surface area contributed by atoms with Gasteiger partial charge >= 0.3 is 12.5 Å². The molecule has 0 spiro atoms. The van der Waals surface area contributed by atoms with Gasteiger partial charge in [-0.3, -0.25) is 4.79 Å². The third-order valence-corrected chi connectivity index (χ3v) is 5.98. The molecule has 38 heavy (non-hydrogen) atoms. The fraction of sp³-hybridized carbons (Fsp3) is 0.320. The highest BCUT2D eigenvalue weighted by Gasteiger charge is 2.31. The van der Waals surface area contributed by atoms with E-state index in [1.54, 1.807) is 35.1 Å². The lowest BCUT2D eigenvalue weighted by molar-refractivity contribution is -0.274. The highest BCUT2D eigenvalue weighted by molar-refractivity contribution is 7.07. The zero-order valence-corrected chi connectivity index (χ0v) is 21.6. The fourth-order valence-electron chi connectivity index (χ4n) is 3.42. The van der Waals surface area contributed by atoms with Crippen LogP contribution in [-0.2, 0) is 11.3 Å². The Labute approximate surface area is 220 Å². The second-order valence-corrected chi connectivity index (χ2v) is 8.45. The van der Waals surface area contributed by atoms with Gasteiger partial charge in [-0.2, -0.15) is 4.99 Å². The predicted octanol–water partition coefficient (Wildman–Crippen LogP) is 5.01. The summed E-state index contributed by atoms with van der Waals surface area (Å²) in [7, 11) is 2.92. The van der Waals surface area contributed by atoms with Crippen molar-refractivity contribution < 1.29 is 41.7 Å². The maximum absolute atomic E-state index is 13.1. The van der Waals surface area contributed by atoms with Crippen LogP contribution in [0.25, 0.3) is 11.3 Å². The Bertz CT molecular complexity index is 1320. The summed E-state index contributed by atoms with van der Waals surface area (Å²) >= 11 is 1.19. The van der Waals surface area contributed by atoms with Gasteiger partial charge in [0.15, 0.2) is 4.80 Å². The third kappa shape index (κ3) is 7.75. The summed E-state index contributed by atoms with van der Waals surface area (Å²) in [6, 6.07) is 10.1. The quantitative estimate of drug-likeness (QED) is 0.355. The van der Waals surface area contributed by atoms with Crippen LogP contribution in [0.2, 0.25) is 0 Å². The van der Waals surface area contributed by atoms with E-state index in [4.69, 9.17) is 14.2 Å². The van der Waals surface area contributed by atoms with Crippen LogP contribution in [0.1, 0.15) is 23.7 Å². The molecule has 2 amide bonds. The second-order valence-electron chi connectivity index (χ2n) is 7.61. The molecule has 3 rings (SSSR count). The minimum atomic E-state index is -4.80. The van der Waals surface area contributed by atoms with Crippen molar-refractivity contribution in [1.82, 2.24) is 9.88 Å². The molecule has 0 radical (unpaired) electrons. The average Bonchev–Trinajstić information content (AvgIpc) is 3.27. The topological polar surface area (TPSA) is 100 Å². The minimum Gasteiger partial charge on any atom is -0.497 e. The standard InChI is InChI=1S/C25H26F3N3O6S/c1-4-36-24(33)29-12-5-13-31-20(16-6-8-17(9-7-16)37-25(26,27)28)15-38-23(31)30-22(32)19-11-10-18(34-2)14-21(19)35-3/h6-11,14-15H,4-5,12-13H2,1-3H3,(H,29,33)/b30-23-. The monoisotopic (exact) mass is 553 g/mol. The van der Waals surface area contributed by atoms with Crippen LogP contribution in [0.4, 0.5) is 18.0 Å². The molecule has 1 aromatic heterocycles. The second kappa shape index (κ2) is 13.0. The number of nitrogens with one attached hydrogen (secondary N) is 1. The Hall–Kier alpha value is -4.00. The molecule has 0 fully saturated rings. The van der Waals surface area contributed by atoms with Crippen LogP contribution in [0, 0.1) is 0 Å². The van der Waals surface area contributed by atoms with Gasteiger partial charge in [-0.1, -0.05) is 0 Å². The van der Waals surface area contributed by atoms with E-state index < -0.39 is 18.4 Å². The van der Waals surface area contributed by atoms with Gasteiger partial charge in [0, 0.05) is 24.5 Å². The Morgan fingerprint density at radius 3 is 2.39 bits per heavy atom. The van der Waals surface area contributed by atoms with Crippen molar-refractivity contribution >= 4 is 23.3 Å². The zero-order chi connectivity index (χ0) is 27.7. The summed E-state index contributed by atoms with van der Waals surface area (Å²) in [6.45, 7) is 2.57. The lowest BCUT2D eigenvalue weighted by Crippen LogP contribution is -2.27. The zero-order valence-electron chi connectivity index (χ0n) is 20.8. The molecule has 0 aliphatic rings. The van der Waals surface area contributed by atoms with E-state index in [9.17, 15) is 22.8 Å². The molecule has 1 heterocycles.